The first-order valence-corrected chi connectivity index (χ1v) is 8.49. The molecule has 0 radical (unpaired) electrons. The van der Waals surface area contributed by atoms with E-state index in [1.807, 2.05) is 30.3 Å². The molecule has 3 aromatic rings. The summed E-state index contributed by atoms with van der Waals surface area (Å²) in [6, 6.07) is 14.2. The highest BCUT2D eigenvalue weighted by Gasteiger charge is 2.12. The molecular weight excluding hydrogens is 346 g/mol. The van der Waals surface area contributed by atoms with Crippen LogP contribution in [0.2, 0.25) is 0 Å². The third-order valence-corrected chi connectivity index (χ3v) is 5.30. The largest absolute Gasteiger partial charge is 0.507 e. The van der Waals surface area contributed by atoms with E-state index in [0.29, 0.717) is 5.75 Å². The van der Waals surface area contributed by atoms with Gasteiger partial charge in [0.05, 0.1) is 0 Å². The van der Waals surface area contributed by atoms with Crippen molar-refractivity contribution in [1.29, 1.82) is 0 Å². The van der Waals surface area contributed by atoms with E-state index in [-0.39, 0.29) is 6.04 Å². The first kappa shape index (κ1) is 14.6. The summed E-state index contributed by atoms with van der Waals surface area (Å²) in [5, 5.41) is 18.0. The average Bonchev–Trinajstić information content (AvgIpc) is 2.91. The number of hydrogen-bond acceptors (Lipinski definition) is 3. The number of aromatic hydroxyl groups is 1. The van der Waals surface area contributed by atoms with Crippen LogP contribution in [0.3, 0.4) is 0 Å². The summed E-state index contributed by atoms with van der Waals surface area (Å²) >= 11 is 5.19. The molecule has 0 aliphatic carbocycles. The second-order valence-electron chi connectivity index (χ2n) is 5.06. The van der Waals surface area contributed by atoms with Gasteiger partial charge in [0.15, 0.2) is 0 Å². The average molecular weight is 362 g/mol. The highest BCUT2D eigenvalue weighted by molar-refractivity contribution is 9.10. The molecule has 2 aromatic carbocycles. The molecular formula is C17H16BrNOS. The van der Waals surface area contributed by atoms with Gasteiger partial charge in [0.25, 0.3) is 0 Å². The predicted octanol–water partition coefficient (Wildman–Crippen LogP) is 5.22. The van der Waals surface area contributed by atoms with Crippen molar-refractivity contribution in [2.45, 2.75) is 19.5 Å². The van der Waals surface area contributed by atoms with Crippen molar-refractivity contribution in [3.8, 4) is 5.75 Å². The van der Waals surface area contributed by atoms with E-state index < -0.39 is 0 Å². The van der Waals surface area contributed by atoms with Gasteiger partial charge in [0.2, 0.25) is 0 Å². The fraction of sp³-hybridized carbons (Fsp3) is 0.176. The van der Waals surface area contributed by atoms with Gasteiger partial charge in [-0.05, 0) is 34.3 Å². The van der Waals surface area contributed by atoms with E-state index in [2.05, 4.69) is 45.7 Å². The monoisotopic (exact) mass is 361 g/mol. The minimum absolute atomic E-state index is 0.0930. The molecule has 0 fully saturated rings. The minimum atomic E-state index is 0.0930. The van der Waals surface area contributed by atoms with Gasteiger partial charge in [-0.1, -0.05) is 36.4 Å². The van der Waals surface area contributed by atoms with Gasteiger partial charge in [-0.3, -0.25) is 0 Å². The highest BCUT2D eigenvalue weighted by atomic mass is 79.9. The summed E-state index contributed by atoms with van der Waals surface area (Å²) in [5.41, 5.74) is 0.935. The van der Waals surface area contributed by atoms with Crippen LogP contribution in [0.25, 0.3) is 10.8 Å². The topological polar surface area (TPSA) is 32.3 Å². The molecule has 21 heavy (non-hydrogen) atoms. The second kappa shape index (κ2) is 6.18. The van der Waals surface area contributed by atoms with E-state index in [4.69, 9.17) is 0 Å². The van der Waals surface area contributed by atoms with Gasteiger partial charge in [0, 0.05) is 38.3 Å². The number of benzene rings is 2. The molecule has 1 heterocycles. The van der Waals surface area contributed by atoms with E-state index in [1.54, 1.807) is 11.3 Å². The number of nitrogens with one attached hydrogen (secondary N) is 1. The van der Waals surface area contributed by atoms with Crippen LogP contribution in [0.4, 0.5) is 0 Å². The summed E-state index contributed by atoms with van der Waals surface area (Å²) in [6.45, 7) is 2.87. The summed E-state index contributed by atoms with van der Waals surface area (Å²) in [7, 11) is 0. The fourth-order valence-corrected chi connectivity index (χ4v) is 3.83. The molecule has 3 rings (SSSR count). The molecule has 0 bridgehead atoms. The van der Waals surface area contributed by atoms with Crippen LogP contribution >= 0.6 is 27.3 Å². The fourth-order valence-electron chi connectivity index (χ4n) is 2.43. The van der Waals surface area contributed by atoms with Gasteiger partial charge < -0.3 is 10.4 Å². The van der Waals surface area contributed by atoms with Crippen LogP contribution in [-0.2, 0) is 6.54 Å². The van der Waals surface area contributed by atoms with Crippen molar-refractivity contribution in [1.82, 2.24) is 5.32 Å². The first-order valence-electron chi connectivity index (χ1n) is 6.82. The zero-order chi connectivity index (χ0) is 14.8. The molecule has 1 atom stereocenters. The second-order valence-corrected chi connectivity index (χ2v) is 6.97. The molecule has 0 spiro atoms. The Balaban J connectivity index is 1.81. The number of phenolic OH excluding ortho intramolecular Hbond substituents is 1. The SMILES string of the molecule is CC(NCc1cc(Br)cs1)c1ccc2ccccc2c1O. The lowest BCUT2D eigenvalue weighted by atomic mass is 10.0. The van der Waals surface area contributed by atoms with Crippen LogP contribution in [0, 0.1) is 0 Å². The van der Waals surface area contributed by atoms with Crippen molar-refractivity contribution in [3.63, 3.8) is 0 Å². The van der Waals surface area contributed by atoms with E-state index in [9.17, 15) is 5.11 Å². The zero-order valence-corrected chi connectivity index (χ0v) is 14.0. The Morgan fingerprint density at radius 3 is 2.81 bits per heavy atom. The smallest absolute Gasteiger partial charge is 0.128 e. The lowest BCUT2D eigenvalue weighted by Crippen LogP contribution is -2.17. The predicted molar refractivity (Wildman–Crippen MR) is 92.9 cm³/mol. The Kier molecular flexibility index (Phi) is 4.29. The Morgan fingerprint density at radius 2 is 2.05 bits per heavy atom. The quantitative estimate of drug-likeness (QED) is 0.667. The maximum absolute atomic E-state index is 10.5. The molecule has 108 valence electrons. The number of hydrogen-bond donors (Lipinski definition) is 2. The van der Waals surface area contributed by atoms with Crippen molar-refractivity contribution < 1.29 is 5.11 Å². The van der Waals surface area contributed by atoms with Gasteiger partial charge in [-0.25, -0.2) is 0 Å². The maximum Gasteiger partial charge on any atom is 0.128 e. The normalized spacial score (nSPS) is 12.7. The van der Waals surface area contributed by atoms with Crippen molar-refractivity contribution in [3.05, 3.63) is 62.8 Å². The molecule has 0 amide bonds. The summed E-state index contributed by atoms with van der Waals surface area (Å²) in [5.74, 6) is 0.375. The zero-order valence-electron chi connectivity index (χ0n) is 11.6. The van der Waals surface area contributed by atoms with Crippen LogP contribution < -0.4 is 5.32 Å². The van der Waals surface area contributed by atoms with Crippen molar-refractivity contribution in [2.24, 2.45) is 0 Å². The van der Waals surface area contributed by atoms with E-state index in [1.165, 1.54) is 4.88 Å². The Morgan fingerprint density at radius 1 is 1.24 bits per heavy atom. The maximum atomic E-state index is 10.5. The van der Waals surface area contributed by atoms with E-state index >= 15 is 0 Å². The molecule has 1 aromatic heterocycles. The Bertz CT molecular complexity index is 768. The number of thiophene rings is 1. The molecule has 2 N–H and O–H groups in total. The molecule has 2 nitrogen and oxygen atoms in total. The highest BCUT2D eigenvalue weighted by Crippen LogP contribution is 2.32. The number of phenols is 1. The molecule has 0 saturated carbocycles. The third kappa shape index (κ3) is 3.12. The minimum Gasteiger partial charge on any atom is -0.507 e. The number of fused-ring (bicyclic) bond motifs is 1. The third-order valence-electron chi connectivity index (χ3n) is 3.60. The van der Waals surface area contributed by atoms with Gasteiger partial charge in [-0.15, -0.1) is 11.3 Å². The van der Waals surface area contributed by atoms with Crippen LogP contribution in [0.15, 0.2) is 52.3 Å². The van der Waals surface area contributed by atoms with Crippen LogP contribution in [-0.4, -0.2) is 5.11 Å². The van der Waals surface area contributed by atoms with Crippen molar-refractivity contribution >= 4 is 38.0 Å². The summed E-state index contributed by atoms with van der Waals surface area (Å²) < 4.78 is 1.12. The number of rotatable bonds is 4. The van der Waals surface area contributed by atoms with Crippen LogP contribution in [0.5, 0.6) is 5.75 Å². The molecule has 0 aliphatic rings. The molecule has 0 saturated heterocycles. The van der Waals surface area contributed by atoms with Gasteiger partial charge >= 0.3 is 0 Å². The first-order chi connectivity index (χ1) is 10.1. The van der Waals surface area contributed by atoms with E-state index in [0.717, 1.165) is 27.4 Å². The van der Waals surface area contributed by atoms with Gasteiger partial charge in [-0.2, -0.15) is 0 Å². The Labute approximate surface area is 136 Å². The number of halogens is 1. The molecule has 1 unspecified atom stereocenters. The lowest BCUT2D eigenvalue weighted by Gasteiger charge is -2.16. The van der Waals surface area contributed by atoms with Crippen LogP contribution in [0.1, 0.15) is 23.4 Å². The van der Waals surface area contributed by atoms with Crippen molar-refractivity contribution in [2.75, 3.05) is 0 Å². The Hall–Kier alpha value is -1.36. The molecule has 4 heteroatoms. The molecule has 0 aliphatic heterocycles. The summed E-state index contributed by atoms with van der Waals surface area (Å²) in [4.78, 5) is 1.27. The standard InChI is InChI=1S/C17H16BrNOS/c1-11(19-9-14-8-13(18)10-21-14)15-7-6-12-4-2-3-5-16(12)17(15)20/h2-8,10-11,19-20H,9H2,1H3. The summed E-state index contributed by atoms with van der Waals surface area (Å²) in [6.07, 6.45) is 0. The van der Waals surface area contributed by atoms with Gasteiger partial charge in [0.1, 0.15) is 5.75 Å². The lowest BCUT2D eigenvalue weighted by molar-refractivity contribution is 0.458.